The lowest BCUT2D eigenvalue weighted by Gasteiger charge is -2.36. The molecule has 2 saturated heterocycles. The molecule has 36 heavy (non-hydrogen) atoms. The molecule has 6 heteroatoms. The molecule has 0 atom stereocenters. The van der Waals surface area contributed by atoms with Gasteiger partial charge in [-0.25, -0.2) is 0 Å². The number of aryl methyl sites for hydroxylation is 1. The minimum absolute atomic E-state index is 0.522. The summed E-state index contributed by atoms with van der Waals surface area (Å²) in [4.78, 5) is 4.64. The van der Waals surface area contributed by atoms with Crippen molar-refractivity contribution < 1.29 is 0 Å². The molecule has 0 radical (unpaired) electrons. The molecule has 3 aliphatic rings. The van der Waals surface area contributed by atoms with Crippen LogP contribution in [0.1, 0.15) is 62.8 Å². The first kappa shape index (κ1) is 24.5. The topological polar surface area (TPSA) is 48.4 Å². The van der Waals surface area contributed by atoms with Crippen molar-refractivity contribution in [3.05, 3.63) is 73.0 Å². The Kier molecular flexibility index (Phi) is 7.13. The maximum Gasteiger partial charge on any atom is 0.164 e. The molecule has 0 spiro atoms. The van der Waals surface area contributed by atoms with Gasteiger partial charge in [0.15, 0.2) is 5.82 Å². The van der Waals surface area contributed by atoms with Crippen molar-refractivity contribution in [2.45, 2.75) is 57.3 Å². The van der Waals surface area contributed by atoms with Gasteiger partial charge in [0.1, 0.15) is 5.82 Å². The SMILES string of the molecule is C=C1CCN(c2nn(C)c3c(C4CCN(C(=C)CNC(=C)C5CCCCC5)CC4)cccc23)C(=C)N1. The molecule has 2 aliphatic heterocycles. The number of hydrogen-bond donors (Lipinski definition) is 2. The van der Waals surface area contributed by atoms with E-state index in [4.69, 9.17) is 5.10 Å². The van der Waals surface area contributed by atoms with Crippen molar-refractivity contribution in [1.29, 1.82) is 0 Å². The van der Waals surface area contributed by atoms with E-state index in [1.165, 1.54) is 60.0 Å². The van der Waals surface area contributed by atoms with Crippen LogP contribution in [0.15, 0.2) is 67.4 Å². The molecule has 5 rings (SSSR count). The average molecular weight is 487 g/mol. The molecule has 0 unspecified atom stereocenters. The van der Waals surface area contributed by atoms with Gasteiger partial charge in [-0.1, -0.05) is 57.7 Å². The Balaban J connectivity index is 1.23. The first-order valence-electron chi connectivity index (χ1n) is 13.6. The third kappa shape index (κ3) is 4.91. The predicted molar refractivity (Wildman–Crippen MR) is 150 cm³/mol. The normalized spacial score (nSPS) is 20.0. The van der Waals surface area contributed by atoms with Crippen molar-refractivity contribution in [3.8, 4) is 0 Å². The number of likely N-dealkylation sites (tertiary alicyclic amines) is 1. The van der Waals surface area contributed by atoms with E-state index in [1.54, 1.807) is 0 Å². The van der Waals surface area contributed by atoms with Crippen LogP contribution in [0.3, 0.4) is 0 Å². The lowest BCUT2D eigenvalue weighted by Crippen LogP contribution is -2.37. The first-order chi connectivity index (χ1) is 17.4. The average Bonchev–Trinajstić information content (AvgIpc) is 3.24. The number of para-hydroxylation sites is 1. The summed E-state index contributed by atoms with van der Waals surface area (Å²) in [6.45, 7) is 20.7. The Morgan fingerprint density at radius 2 is 1.81 bits per heavy atom. The van der Waals surface area contributed by atoms with Crippen LogP contribution in [0.5, 0.6) is 0 Å². The minimum Gasteiger partial charge on any atom is -0.383 e. The molecule has 0 bridgehead atoms. The van der Waals surface area contributed by atoms with Crippen LogP contribution in [0.25, 0.3) is 10.9 Å². The number of nitrogens with zero attached hydrogens (tertiary/aromatic N) is 4. The number of benzene rings is 1. The Hall–Kier alpha value is -3.15. The number of anilines is 1. The molecule has 1 saturated carbocycles. The number of fused-ring (bicyclic) bond motifs is 1. The second-order valence-electron chi connectivity index (χ2n) is 10.8. The van der Waals surface area contributed by atoms with E-state index in [9.17, 15) is 0 Å². The summed E-state index contributed by atoms with van der Waals surface area (Å²) >= 11 is 0. The van der Waals surface area contributed by atoms with E-state index >= 15 is 0 Å². The van der Waals surface area contributed by atoms with Crippen LogP contribution < -0.4 is 15.5 Å². The van der Waals surface area contributed by atoms with Crippen LogP contribution >= 0.6 is 0 Å². The fourth-order valence-electron chi connectivity index (χ4n) is 6.26. The van der Waals surface area contributed by atoms with Gasteiger partial charge in [0.2, 0.25) is 0 Å². The van der Waals surface area contributed by atoms with Gasteiger partial charge < -0.3 is 20.4 Å². The number of nitrogens with one attached hydrogen (secondary N) is 2. The second-order valence-corrected chi connectivity index (χ2v) is 10.8. The highest BCUT2D eigenvalue weighted by Gasteiger charge is 2.27. The Morgan fingerprint density at radius 3 is 2.53 bits per heavy atom. The molecule has 192 valence electrons. The van der Waals surface area contributed by atoms with Crippen LogP contribution in [0.4, 0.5) is 5.82 Å². The first-order valence-corrected chi connectivity index (χ1v) is 13.6. The van der Waals surface area contributed by atoms with Gasteiger partial charge in [-0.15, -0.1) is 0 Å². The molecule has 2 N–H and O–H groups in total. The fourth-order valence-corrected chi connectivity index (χ4v) is 6.26. The number of rotatable bonds is 7. The van der Waals surface area contributed by atoms with Gasteiger partial charge in [0.05, 0.1) is 12.1 Å². The van der Waals surface area contributed by atoms with E-state index in [0.29, 0.717) is 11.8 Å². The number of aromatic nitrogens is 2. The van der Waals surface area contributed by atoms with Crippen LogP contribution in [0, 0.1) is 5.92 Å². The molecular weight excluding hydrogens is 444 g/mol. The third-order valence-corrected chi connectivity index (χ3v) is 8.42. The lowest BCUT2D eigenvalue weighted by molar-refractivity contribution is 0.258. The maximum atomic E-state index is 4.94. The van der Waals surface area contributed by atoms with Crippen LogP contribution in [0.2, 0.25) is 0 Å². The van der Waals surface area contributed by atoms with Crippen LogP contribution in [-0.2, 0) is 7.05 Å². The largest absolute Gasteiger partial charge is 0.383 e. The highest BCUT2D eigenvalue weighted by atomic mass is 15.4. The van der Waals surface area contributed by atoms with Crippen molar-refractivity contribution in [3.63, 3.8) is 0 Å². The summed E-state index contributed by atoms with van der Waals surface area (Å²) in [6.07, 6.45) is 9.75. The van der Waals surface area contributed by atoms with Crippen molar-refractivity contribution in [2.24, 2.45) is 13.0 Å². The zero-order valence-electron chi connectivity index (χ0n) is 22.0. The molecule has 1 aromatic heterocycles. The summed E-state index contributed by atoms with van der Waals surface area (Å²) < 4.78 is 2.06. The molecule has 0 amide bonds. The monoisotopic (exact) mass is 486 g/mol. The van der Waals surface area contributed by atoms with E-state index < -0.39 is 0 Å². The Labute approximate surface area is 216 Å². The third-order valence-electron chi connectivity index (χ3n) is 8.42. The van der Waals surface area contributed by atoms with Crippen molar-refractivity contribution >= 4 is 16.7 Å². The fraction of sp³-hybridized carbons (Fsp3) is 0.500. The highest BCUT2D eigenvalue weighted by Crippen LogP contribution is 2.38. The standard InChI is InChI=1S/C30H42N6/c1-21-14-19-36(24(4)32-21)30-28-13-9-12-27(29(28)34(5)33-30)26-15-17-35(18-16-26)22(2)20-31-23(3)25-10-7-6-8-11-25/h9,12-13,25-26,31-32H,1-4,6-8,10-11,14-20H2,5H3. The molecule has 1 aliphatic carbocycles. The van der Waals surface area contributed by atoms with E-state index in [0.717, 1.165) is 62.8 Å². The van der Waals surface area contributed by atoms with E-state index in [1.807, 2.05) is 0 Å². The predicted octanol–water partition coefficient (Wildman–Crippen LogP) is 5.73. The Morgan fingerprint density at radius 1 is 1.06 bits per heavy atom. The van der Waals surface area contributed by atoms with Crippen molar-refractivity contribution in [1.82, 2.24) is 25.3 Å². The van der Waals surface area contributed by atoms with E-state index in [-0.39, 0.29) is 0 Å². The number of piperidine rings is 1. The van der Waals surface area contributed by atoms with Gasteiger partial charge >= 0.3 is 0 Å². The smallest absolute Gasteiger partial charge is 0.164 e. The molecule has 6 nitrogen and oxygen atoms in total. The summed E-state index contributed by atoms with van der Waals surface area (Å²) in [7, 11) is 2.07. The van der Waals surface area contributed by atoms with Gasteiger partial charge in [-0.2, -0.15) is 5.10 Å². The molecule has 3 fully saturated rings. The lowest BCUT2D eigenvalue weighted by atomic mass is 9.87. The molecular formula is C30H42N6. The van der Waals surface area contributed by atoms with E-state index in [2.05, 4.69) is 76.7 Å². The summed E-state index contributed by atoms with van der Waals surface area (Å²) in [6, 6.07) is 6.68. The second kappa shape index (κ2) is 10.5. The molecule has 3 heterocycles. The summed E-state index contributed by atoms with van der Waals surface area (Å²) in [5, 5.41) is 13.0. The number of allylic oxidation sites excluding steroid dienone is 1. The van der Waals surface area contributed by atoms with Crippen LogP contribution in [-0.4, -0.2) is 40.9 Å². The van der Waals surface area contributed by atoms with Gasteiger partial charge in [0, 0.05) is 55.6 Å². The Bertz CT molecular complexity index is 1160. The molecule has 1 aromatic carbocycles. The quantitative estimate of drug-likeness (QED) is 0.523. The highest BCUT2D eigenvalue weighted by molar-refractivity contribution is 5.94. The van der Waals surface area contributed by atoms with Crippen molar-refractivity contribution in [2.75, 3.05) is 31.1 Å². The van der Waals surface area contributed by atoms with Gasteiger partial charge in [-0.3, -0.25) is 4.68 Å². The van der Waals surface area contributed by atoms with Gasteiger partial charge in [-0.05, 0) is 49.1 Å². The van der Waals surface area contributed by atoms with Gasteiger partial charge in [0.25, 0.3) is 0 Å². The summed E-state index contributed by atoms with van der Waals surface area (Å²) in [5.41, 5.74) is 6.05. The number of hydrogen-bond acceptors (Lipinski definition) is 5. The molecule has 2 aromatic rings. The minimum atomic E-state index is 0.522. The zero-order chi connectivity index (χ0) is 25.2. The maximum absolute atomic E-state index is 4.94. The zero-order valence-corrected chi connectivity index (χ0v) is 22.0. The summed E-state index contributed by atoms with van der Waals surface area (Å²) in [5.74, 6) is 2.99.